The van der Waals surface area contributed by atoms with Gasteiger partial charge in [0.25, 0.3) is 5.91 Å². The van der Waals surface area contributed by atoms with Crippen molar-refractivity contribution in [2.45, 2.75) is 19.3 Å². The van der Waals surface area contributed by atoms with Crippen LogP contribution in [-0.4, -0.2) is 55.0 Å². The molecule has 2 fully saturated rings. The molecule has 1 aliphatic carbocycles. The molecule has 1 amide bonds. The van der Waals surface area contributed by atoms with E-state index in [4.69, 9.17) is 16.3 Å². The first-order valence-electron chi connectivity index (χ1n) is 8.20. The molecule has 6 heteroatoms. The van der Waals surface area contributed by atoms with Crippen LogP contribution in [0.1, 0.15) is 19.3 Å². The SMILES string of the molecule is O=C(COc1ccc(F)cc1Cl)N1CCCN(CC2CC2)CC1. The second-order valence-corrected chi connectivity index (χ2v) is 6.75. The number of hydrogen-bond donors (Lipinski definition) is 0. The number of benzene rings is 1. The topological polar surface area (TPSA) is 32.8 Å². The Bertz CT molecular complexity index is 566. The molecule has 1 aliphatic heterocycles. The first-order chi connectivity index (χ1) is 11.1. The van der Waals surface area contributed by atoms with Crippen molar-refractivity contribution >= 4 is 17.5 Å². The molecule has 0 unspecified atom stereocenters. The fraction of sp³-hybridized carbons (Fsp3) is 0.588. The highest BCUT2D eigenvalue weighted by molar-refractivity contribution is 6.32. The molecule has 0 radical (unpaired) electrons. The van der Waals surface area contributed by atoms with E-state index in [0.717, 1.165) is 38.5 Å². The third-order valence-electron chi connectivity index (χ3n) is 4.40. The minimum atomic E-state index is -0.419. The predicted molar refractivity (Wildman–Crippen MR) is 87.3 cm³/mol. The fourth-order valence-electron chi connectivity index (χ4n) is 2.89. The second kappa shape index (κ2) is 7.49. The molecule has 1 saturated carbocycles. The highest BCUT2D eigenvalue weighted by Gasteiger charge is 2.26. The van der Waals surface area contributed by atoms with E-state index < -0.39 is 5.82 Å². The summed E-state index contributed by atoms with van der Waals surface area (Å²) < 4.78 is 18.4. The number of carbonyl (C=O) groups excluding carboxylic acids is 1. The molecule has 1 heterocycles. The van der Waals surface area contributed by atoms with Gasteiger partial charge in [-0.25, -0.2) is 4.39 Å². The smallest absolute Gasteiger partial charge is 0.260 e. The van der Waals surface area contributed by atoms with E-state index >= 15 is 0 Å². The first kappa shape index (κ1) is 16.5. The molecule has 1 saturated heterocycles. The highest BCUT2D eigenvalue weighted by Crippen LogP contribution is 2.30. The molecule has 4 nitrogen and oxygen atoms in total. The van der Waals surface area contributed by atoms with Crippen LogP contribution in [0.15, 0.2) is 18.2 Å². The van der Waals surface area contributed by atoms with Gasteiger partial charge < -0.3 is 14.5 Å². The molecular formula is C17H22ClFN2O2. The summed E-state index contributed by atoms with van der Waals surface area (Å²) in [6.07, 6.45) is 3.70. The van der Waals surface area contributed by atoms with E-state index in [9.17, 15) is 9.18 Å². The van der Waals surface area contributed by atoms with Gasteiger partial charge >= 0.3 is 0 Å². The molecule has 0 bridgehead atoms. The maximum atomic E-state index is 13.0. The number of rotatable bonds is 5. The molecule has 1 aromatic rings. The van der Waals surface area contributed by atoms with Crippen LogP contribution in [0.3, 0.4) is 0 Å². The maximum absolute atomic E-state index is 13.0. The fourth-order valence-corrected chi connectivity index (χ4v) is 3.11. The van der Waals surface area contributed by atoms with Crippen molar-refractivity contribution in [3.05, 3.63) is 29.0 Å². The lowest BCUT2D eigenvalue weighted by Gasteiger charge is -2.22. The van der Waals surface area contributed by atoms with Crippen LogP contribution in [0.5, 0.6) is 5.75 Å². The Balaban J connectivity index is 1.47. The normalized spacial score (nSPS) is 19.5. The Morgan fingerprint density at radius 2 is 2.09 bits per heavy atom. The van der Waals surface area contributed by atoms with Gasteiger partial charge in [0.05, 0.1) is 5.02 Å². The second-order valence-electron chi connectivity index (χ2n) is 6.34. The van der Waals surface area contributed by atoms with E-state index in [2.05, 4.69) is 4.90 Å². The summed E-state index contributed by atoms with van der Waals surface area (Å²) in [5, 5.41) is 0.185. The van der Waals surface area contributed by atoms with E-state index in [1.165, 1.54) is 37.6 Å². The van der Waals surface area contributed by atoms with Crippen LogP contribution in [-0.2, 0) is 4.79 Å². The lowest BCUT2D eigenvalue weighted by Crippen LogP contribution is -2.38. The van der Waals surface area contributed by atoms with Gasteiger partial charge in [0.2, 0.25) is 0 Å². The summed E-state index contributed by atoms with van der Waals surface area (Å²) in [5.74, 6) is 0.753. The third-order valence-corrected chi connectivity index (χ3v) is 4.69. The van der Waals surface area contributed by atoms with Crippen LogP contribution in [0, 0.1) is 11.7 Å². The monoisotopic (exact) mass is 340 g/mol. The summed E-state index contributed by atoms with van der Waals surface area (Å²) in [4.78, 5) is 16.6. The molecule has 3 rings (SSSR count). The molecule has 0 atom stereocenters. The zero-order chi connectivity index (χ0) is 16.2. The lowest BCUT2D eigenvalue weighted by atomic mass is 10.3. The highest BCUT2D eigenvalue weighted by atomic mass is 35.5. The minimum absolute atomic E-state index is 0.0429. The zero-order valence-corrected chi connectivity index (χ0v) is 13.9. The Kier molecular flexibility index (Phi) is 5.38. The van der Waals surface area contributed by atoms with Gasteiger partial charge in [-0.05, 0) is 49.9 Å². The standard InChI is InChI=1S/C17H22ClFN2O2/c18-15-10-14(19)4-5-16(15)23-12-17(22)21-7-1-6-20(8-9-21)11-13-2-3-13/h4-5,10,13H,1-3,6-9,11-12H2. The van der Waals surface area contributed by atoms with Crippen LogP contribution in [0.25, 0.3) is 0 Å². The van der Waals surface area contributed by atoms with Gasteiger partial charge in [-0.15, -0.1) is 0 Å². The van der Waals surface area contributed by atoms with Gasteiger partial charge in [-0.3, -0.25) is 4.79 Å². The first-order valence-corrected chi connectivity index (χ1v) is 8.57. The van der Waals surface area contributed by atoms with Crippen molar-refractivity contribution in [1.82, 2.24) is 9.80 Å². The molecule has 126 valence electrons. The van der Waals surface area contributed by atoms with Gasteiger partial charge in [0.15, 0.2) is 6.61 Å². The minimum Gasteiger partial charge on any atom is -0.482 e. The summed E-state index contributed by atoms with van der Waals surface area (Å²) >= 11 is 5.90. The largest absolute Gasteiger partial charge is 0.482 e. The zero-order valence-electron chi connectivity index (χ0n) is 13.1. The molecule has 0 N–H and O–H groups in total. The van der Waals surface area contributed by atoms with Crippen molar-refractivity contribution in [3.8, 4) is 5.75 Å². The van der Waals surface area contributed by atoms with E-state index in [0.29, 0.717) is 5.75 Å². The van der Waals surface area contributed by atoms with E-state index in [-0.39, 0.29) is 17.5 Å². The van der Waals surface area contributed by atoms with Crippen molar-refractivity contribution in [2.24, 2.45) is 5.92 Å². The Morgan fingerprint density at radius 3 is 2.83 bits per heavy atom. The van der Waals surface area contributed by atoms with Crippen LogP contribution in [0.2, 0.25) is 5.02 Å². The lowest BCUT2D eigenvalue weighted by molar-refractivity contribution is -0.133. The number of nitrogens with zero attached hydrogens (tertiary/aromatic N) is 2. The molecule has 0 spiro atoms. The molecule has 2 aliphatic rings. The van der Waals surface area contributed by atoms with Crippen molar-refractivity contribution in [1.29, 1.82) is 0 Å². The maximum Gasteiger partial charge on any atom is 0.260 e. The summed E-state index contributed by atoms with van der Waals surface area (Å²) in [6.45, 7) is 4.61. The van der Waals surface area contributed by atoms with Crippen LogP contribution in [0.4, 0.5) is 4.39 Å². The number of carbonyl (C=O) groups is 1. The van der Waals surface area contributed by atoms with Crippen LogP contribution >= 0.6 is 11.6 Å². The van der Waals surface area contributed by atoms with E-state index in [1.54, 1.807) is 0 Å². The number of amides is 1. The van der Waals surface area contributed by atoms with E-state index in [1.807, 2.05) is 4.90 Å². The van der Waals surface area contributed by atoms with Crippen molar-refractivity contribution < 1.29 is 13.9 Å². The Morgan fingerprint density at radius 1 is 1.26 bits per heavy atom. The molecule has 1 aromatic carbocycles. The van der Waals surface area contributed by atoms with Crippen molar-refractivity contribution in [3.63, 3.8) is 0 Å². The summed E-state index contributed by atoms with van der Waals surface area (Å²) in [7, 11) is 0. The summed E-state index contributed by atoms with van der Waals surface area (Å²) in [5.41, 5.74) is 0. The third kappa shape index (κ3) is 4.82. The number of ether oxygens (including phenoxy) is 1. The molecular weight excluding hydrogens is 319 g/mol. The van der Waals surface area contributed by atoms with Gasteiger partial charge in [-0.2, -0.15) is 0 Å². The molecule has 0 aromatic heterocycles. The number of halogens is 2. The average Bonchev–Trinajstić information content (AvgIpc) is 3.34. The Hall–Kier alpha value is -1.33. The van der Waals surface area contributed by atoms with Crippen molar-refractivity contribution in [2.75, 3.05) is 39.3 Å². The Labute approximate surface area is 141 Å². The quantitative estimate of drug-likeness (QED) is 0.826. The predicted octanol–water partition coefficient (Wildman–Crippen LogP) is 2.80. The molecule has 23 heavy (non-hydrogen) atoms. The van der Waals surface area contributed by atoms with Gasteiger partial charge in [0, 0.05) is 26.2 Å². The average molecular weight is 341 g/mol. The van der Waals surface area contributed by atoms with Crippen LogP contribution < -0.4 is 4.74 Å². The van der Waals surface area contributed by atoms with Gasteiger partial charge in [-0.1, -0.05) is 11.6 Å². The number of hydrogen-bond acceptors (Lipinski definition) is 3. The summed E-state index contributed by atoms with van der Waals surface area (Å²) in [6, 6.07) is 3.90. The van der Waals surface area contributed by atoms with Gasteiger partial charge in [0.1, 0.15) is 11.6 Å².